The molecule has 1 aliphatic heterocycles. The Morgan fingerprint density at radius 3 is 2.63 bits per heavy atom. The van der Waals surface area contributed by atoms with E-state index < -0.39 is 15.6 Å². The van der Waals surface area contributed by atoms with E-state index in [0.717, 1.165) is 6.42 Å². The van der Waals surface area contributed by atoms with Crippen molar-refractivity contribution in [2.24, 2.45) is 0 Å². The monoisotopic (exact) mass is 303 g/mol. The molecule has 19 heavy (non-hydrogen) atoms. The Balaban J connectivity index is 2.24. The fourth-order valence-corrected chi connectivity index (χ4v) is 4.48. The summed E-state index contributed by atoms with van der Waals surface area (Å²) in [5.74, 6) is 0. The molecular formula is C13H18ClNO3S. The number of benzene rings is 1. The Bertz CT molecular complexity index is 580. The lowest BCUT2D eigenvalue weighted by atomic mass is 9.92. The van der Waals surface area contributed by atoms with Crippen LogP contribution in [0.25, 0.3) is 0 Å². The normalized spacial score (nSPS) is 19.2. The minimum Gasteiger partial charge on any atom is -0.387 e. The van der Waals surface area contributed by atoms with Gasteiger partial charge in [-0.25, -0.2) is 8.42 Å². The Hall–Kier alpha value is -0.620. The zero-order chi connectivity index (χ0) is 14.3. The number of hydrogen-bond acceptors (Lipinski definition) is 3. The molecule has 0 unspecified atom stereocenters. The first-order valence-electron chi connectivity index (χ1n) is 6.27. The van der Waals surface area contributed by atoms with E-state index in [0.29, 0.717) is 17.0 Å². The summed E-state index contributed by atoms with van der Waals surface area (Å²) in [6.07, 6.45) is 1.45. The number of rotatable bonds is 4. The third kappa shape index (κ3) is 2.79. The molecule has 1 fully saturated rings. The molecule has 1 aliphatic rings. The zero-order valence-electron chi connectivity index (χ0n) is 11.1. The second-order valence-corrected chi connectivity index (χ2v) is 7.50. The van der Waals surface area contributed by atoms with Gasteiger partial charge < -0.3 is 5.11 Å². The van der Waals surface area contributed by atoms with Gasteiger partial charge in [0.05, 0.1) is 10.5 Å². The maximum absolute atomic E-state index is 12.4. The average Bonchev–Trinajstić information content (AvgIpc) is 2.29. The van der Waals surface area contributed by atoms with Crippen LogP contribution in [0.3, 0.4) is 0 Å². The van der Waals surface area contributed by atoms with E-state index in [1.165, 1.54) is 10.4 Å². The van der Waals surface area contributed by atoms with Gasteiger partial charge in [-0.2, -0.15) is 4.31 Å². The predicted molar refractivity (Wildman–Crippen MR) is 74.8 cm³/mol. The Morgan fingerprint density at radius 1 is 1.42 bits per heavy atom. The molecule has 1 N–H and O–H groups in total. The number of halogens is 1. The highest BCUT2D eigenvalue weighted by atomic mass is 35.5. The van der Waals surface area contributed by atoms with Crippen molar-refractivity contribution >= 4 is 21.6 Å². The van der Waals surface area contributed by atoms with Crippen LogP contribution in [0, 0.1) is 6.92 Å². The van der Waals surface area contributed by atoms with Crippen LogP contribution in [0.4, 0.5) is 0 Å². The van der Waals surface area contributed by atoms with Crippen molar-refractivity contribution in [3.63, 3.8) is 0 Å². The molecule has 0 aliphatic carbocycles. The van der Waals surface area contributed by atoms with E-state index in [1.807, 2.05) is 6.92 Å². The summed E-state index contributed by atoms with van der Waals surface area (Å²) in [5.41, 5.74) is -0.204. The highest BCUT2D eigenvalue weighted by Crippen LogP contribution is 2.33. The summed E-state index contributed by atoms with van der Waals surface area (Å²) in [5, 5.41) is 10.5. The molecule has 1 aromatic rings. The maximum Gasteiger partial charge on any atom is 0.243 e. The van der Waals surface area contributed by atoms with Gasteiger partial charge in [0.25, 0.3) is 0 Å². The highest BCUT2D eigenvalue weighted by molar-refractivity contribution is 7.89. The lowest BCUT2D eigenvalue weighted by Crippen LogP contribution is -2.63. The molecule has 0 atom stereocenters. The van der Waals surface area contributed by atoms with Crippen molar-refractivity contribution in [1.29, 1.82) is 0 Å². The maximum atomic E-state index is 12.4. The van der Waals surface area contributed by atoms with Crippen LogP contribution >= 0.6 is 11.6 Å². The first-order valence-corrected chi connectivity index (χ1v) is 8.09. The molecule has 0 amide bonds. The number of aliphatic hydroxyl groups is 1. The molecule has 0 spiro atoms. The van der Waals surface area contributed by atoms with Gasteiger partial charge in [-0.3, -0.25) is 0 Å². The molecule has 6 heteroatoms. The minimum atomic E-state index is -3.56. The number of hydrogen-bond donors (Lipinski definition) is 1. The summed E-state index contributed by atoms with van der Waals surface area (Å²) in [6.45, 7) is 4.03. The van der Waals surface area contributed by atoms with Gasteiger partial charge in [-0.1, -0.05) is 31.0 Å². The van der Waals surface area contributed by atoms with Crippen molar-refractivity contribution in [2.45, 2.75) is 37.2 Å². The van der Waals surface area contributed by atoms with Gasteiger partial charge in [-0.05, 0) is 31.0 Å². The summed E-state index contributed by atoms with van der Waals surface area (Å²) in [4.78, 5) is 0.221. The molecule has 4 nitrogen and oxygen atoms in total. The van der Waals surface area contributed by atoms with Crippen LogP contribution in [0.1, 0.15) is 25.3 Å². The Labute approximate surface area is 119 Å². The number of sulfonamides is 1. The zero-order valence-corrected chi connectivity index (χ0v) is 12.6. The van der Waals surface area contributed by atoms with E-state index in [9.17, 15) is 13.5 Å². The van der Waals surface area contributed by atoms with E-state index in [1.54, 1.807) is 19.1 Å². The quantitative estimate of drug-likeness (QED) is 0.927. The largest absolute Gasteiger partial charge is 0.387 e. The van der Waals surface area contributed by atoms with Crippen molar-refractivity contribution in [3.8, 4) is 0 Å². The molecule has 2 rings (SSSR count). The molecular weight excluding hydrogens is 286 g/mol. The third-order valence-corrected chi connectivity index (χ3v) is 5.59. The number of β-amino-alcohol motifs (C(OH)–C–C–N with tert-alkyl or cyclic N) is 1. The number of aryl methyl sites for hydroxylation is 1. The molecule has 1 aromatic carbocycles. The SMILES string of the molecule is CCCC1(O)CN(S(=O)(=O)c2cc(Cl)ccc2C)C1. The molecule has 0 radical (unpaired) electrons. The average molecular weight is 304 g/mol. The van der Waals surface area contributed by atoms with Crippen LogP contribution in [0.5, 0.6) is 0 Å². The van der Waals surface area contributed by atoms with Gasteiger partial charge in [0, 0.05) is 18.1 Å². The van der Waals surface area contributed by atoms with E-state index in [4.69, 9.17) is 11.6 Å². The van der Waals surface area contributed by atoms with Gasteiger partial charge in [0.15, 0.2) is 0 Å². The van der Waals surface area contributed by atoms with Crippen molar-refractivity contribution in [2.75, 3.05) is 13.1 Å². The standard InChI is InChI=1S/C13H18ClNO3S/c1-3-6-13(16)8-15(9-13)19(17,18)12-7-11(14)5-4-10(12)2/h4-5,7,16H,3,6,8-9H2,1-2H3. The Morgan fingerprint density at radius 2 is 2.05 bits per heavy atom. The van der Waals surface area contributed by atoms with Crippen LogP contribution in [-0.4, -0.2) is 36.5 Å². The lowest BCUT2D eigenvalue weighted by molar-refractivity contribution is -0.0653. The van der Waals surface area contributed by atoms with E-state index >= 15 is 0 Å². The highest BCUT2D eigenvalue weighted by Gasteiger charge is 2.46. The first-order chi connectivity index (χ1) is 8.78. The molecule has 106 valence electrons. The smallest absolute Gasteiger partial charge is 0.243 e. The molecule has 0 aromatic heterocycles. The van der Waals surface area contributed by atoms with Gasteiger partial charge >= 0.3 is 0 Å². The topological polar surface area (TPSA) is 57.6 Å². The van der Waals surface area contributed by atoms with Crippen molar-refractivity contribution < 1.29 is 13.5 Å². The van der Waals surface area contributed by atoms with Gasteiger partial charge in [0.1, 0.15) is 0 Å². The van der Waals surface area contributed by atoms with E-state index in [-0.39, 0.29) is 18.0 Å². The summed E-state index contributed by atoms with van der Waals surface area (Å²) in [7, 11) is -3.56. The minimum absolute atomic E-state index is 0.162. The molecule has 1 heterocycles. The first kappa shape index (κ1) is 14.8. The van der Waals surface area contributed by atoms with Crippen LogP contribution in [0.15, 0.2) is 23.1 Å². The van der Waals surface area contributed by atoms with Crippen LogP contribution in [-0.2, 0) is 10.0 Å². The molecule has 1 saturated heterocycles. The van der Waals surface area contributed by atoms with Crippen LogP contribution in [0.2, 0.25) is 5.02 Å². The lowest BCUT2D eigenvalue weighted by Gasteiger charge is -2.45. The second kappa shape index (κ2) is 5.05. The fraction of sp³-hybridized carbons (Fsp3) is 0.538. The number of nitrogens with zero attached hydrogens (tertiary/aromatic N) is 1. The van der Waals surface area contributed by atoms with Crippen molar-refractivity contribution in [1.82, 2.24) is 4.31 Å². The predicted octanol–water partition coefficient (Wildman–Crippen LogP) is 2.18. The second-order valence-electron chi connectivity index (χ2n) is 5.16. The third-order valence-electron chi connectivity index (χ3n) is 3.42. The summed E-state index contributed by atoms with van der Waals surface area (Å²) < 4.78 is 26.2. The van der Waals surface area contributed by atoms with Gasteiger partial charge in [0.2, 0.25) is 10.0 Å². The van der Waals surface area contributed by atoms with E-state index in [2.05, 4.69) is 0 Å². The molecule has 0 bridgehead atoms. The van der Waals surface area contributed by atoms with Crippen molar-refractivity contribution in [3.05, 3.63) is 28.8 Å². The summed E-state index contributed by atoms with van der Waals surface area (Å²) >= 11 is 5.86. The Kier molecular flexibility index (Phi) is 3.93. The van der Waals surface area contributed by atoms with Crippen LogP contribution < -0.4 is 0 Å². The summed E-state index contributed by atoms with van der Waals surface area (Å²) in [6, 6.07) is 4.82. The fourth-order valence-electron chi connectivity index (χ4n) is 2.39. The van der Waals surface area contributed by atoms with Gasteiger partial charge in [-0.15, -0.1) is 0 Å². The molecule has 0 saturated carbocycles.